The molecule has 2 aromatic rings. The van der Waals surface area contributed by atoms with Gasteiger partial charge in [0.2, 0.25) is 0 Å². The van der Waals surface area contributed by atoms with Gasteiger partial charge >= 0.3 is 0 Å². The third-order valence-corrected chi connectivity index (χ3v) is 2.81. The van der Waals surface area contributed by atoms with Gasteiger partial charge in [-0.2, -0.15) is 0 Å². The van der Waals surface area contributed by atoms with Crippen molar-refractivity contribution in [3.05, 3.63) is 47.1 Å². The second-order valence-electron chi connectivity index (χ2n) is 3.88. The monoisotopic (exact) mass is 263 g/mol. The van der Waals surface area contributed by atoms with Crippen molar-refractivity contribution in [1.82, 2.24) is 10.2 Å². The Morgan fingerprint density at radius 1 is 1.17 bits per heavy atom. The molecule has 0 fully saturated rings. The number of rotatable bonds is 4. The summed E-state index contributed by atoms with van der Waals surface area (Å²) in [5.74, 6) is 1.64. The van der Waals surface area contributed by atoms with E-state index in [4.69, 9.17) is 16.3 Å². The van der Waals surface area contributed by atoms with E-state index >= 15 is 0 Å². The Morgan fingerprint density at radius 2 is 1.94 bits per heavy atom. The number of methoxy groups -OCH3 is 1. The minimum absolute atomic E-state index is 0.393. The van der Waals surface area contributed by atoms with Crippen molar-refractivity contribution in [3.63, 3.8) is 0 Å². The van der Waals surface area contributed by atoms with Crippen LogP contribution in [-0.4, -0.2) is 24.4 Å². The molecule has 0 aliphatic rings. The lowest BCUT2D eigenvalue weighted by atomic mass is 10.2. The lowest BCUT2D eigenvalue weighted by molar-refractivity contribution is 0.409. The molecule has 4 nitrogen and oxygen atoms in total. The zero-order valence-electron chi connectivity index (χ0n) is 10.3. The van der Waals surface area contributed by atoms with Crippen molar-refractivity contribution in [2.75, 3.05) is 19.1 Å². The minimum atomic E-state index is 0.393. The maximum Gasteiger partial charge on any atom is 0.151 e. The van der Waals surface area contributed by atoms with E-state index in [0.717, 1.165) is 17.1 Å². The molecule has 5 heteroatoms. The van der Waals surface area contributed by atoms with Gasteiger partial charge in [-0.15, -0.1) is 10.2 Å². The lowest BCUT2D eigenvalue weighted by Crippen LogP contribution is -2.18. The number of benzene rings is 1. The first-order chi connectivity index (χ1) is 8.70. The van der Waals surface area contributed by atoms with E-state index in [1.807, 2.05) is 42.3 Å². The van der Waals surface area contributed by atoms with Crippen LogP contribution in [0, 0.1) is 0 Å². The smallest absolute Gasteiger partial charge is 0.151 e. The molecule has 0 bridgehead atoms. The summed E-state index contributed by atoms with van der Waals surface area (Å²) in [7, 11) is 3.62. The molecule has 0 aliphatic heterocycles. The molecule has 0 atom stereocenters. The SMILES string of the molecule is COc1ccccc1CN(C)c1ccc(Cl)nn1. The number of halogens is 1. The summed E-state index contributed by atoms with van der Waals surface area (Å²) >= 11 is 5.71. The molecule has 94 valence electrons. The Morgan fingerprint density at radius 3 is 2.61 bits per heavy atom. The average molecular weight is 264 g/mol. The van der Waals surface area contributed by atoms with Gasteiger partial charge in [0.25, 0.3) is 0 Å². The molecule has 0 aliphatic carbocycles. The number of hydrogen-bond donors (Lipinski definition) is 0. The Labute approximate surface area is 111 Å². The molecule has 1 aromatic carbocycles. The van der Waals surface area contributed by atoms with E-state index in [0.29, 0.717) is 11.7 Å². The van der Waals surface area contributed by atoms with Crippen LogP contribution in [-0.2, 0) is 6.54 Å². The lowest BCUT2D eigenvalue weighted by Gasteiger charge is -2.18. The molecular formula is C13H14ClN3O. The van der Waals surface area contributed by atoms with Crippen molar-refractivity contribution in [3.8, 4) is 5.75 Å². The first-order valence-electron chi connectivity index (χ1n) is 5.53. The van der Waals surface area contributed by atoms with Crippen LogP contribution in [0.2, 0.25) is 5.15 Å². The maximum atomic E-state index is 5.71. The van der Waals surface area contributed by atoms with Crippen LogP contribution in [0.15, 0.2) is 36.4 Å². The Hall–Kier alpha value is -1.81. The molecule has 1 aromatic heterocycles. The van der Waals surface area contributed by atoms with Gasteiger partial charge in [0, 0.05) is 19.2 Å². The highest BCUT2D eigenvalue weighted by Crippen LogP contribution is 2.21. The first-order valence-corrected chi connectivity index (χ1v) is 5.91. The first kappa shape index (κ1) is 12.6. The molecule has 0 unspecified atom stereocenters. The molecule has 0 saturated carbocycles. The van der Waals surface area contributed by atoms with Gasteiger partial charge in [-0.25, -0.2) is 0 Å². The van der Waals surface area contributed by atoms with E-state index in [-0.39, 0.29) is 0 Å². The summed E-state index contributed by atoms with van der Waals surface area (Å²) in [6, 6.07) is 11.5. The molecule has 1 heterocycles. The molecule has 2 rings (SSSR count). The van der Waals surface area contributed by atoms with Crippen LogP contribution in [0.5, 0.6) is 5.75 Å². The zero-order chi connectivity index (χ0) is 13.0. The van der Waals surface area contributed by atoms with Crippen LogP contribution < -0.4 is 9.64 Å². The standard InChI is InChI=1S/C13H14ClN3O/c1-17(13-8-7-12(14)15-16-13)9-10-5-3-4-6-11(10)18-2/h3-8H,9H2,1-2H3. The third kappa shape index (κ3) is 2.90. The summed E-state index contributed by atoms with van der Waals surface area (Å²) in [6.07, 6.45) is 0. The van der Waals surface area contributed by atoms with Gasteiger partial charge in [-0.05, 0) is 18.2 Å². The Balaban J connectivity index is 2.15. The third-order valence-electron chi connectivity index (χ3n) is 2.61. The maximum absolute atomic E-state index is 5.71. The molecule has 0 amide bonds. The Kier molecular flexibility index (Phi) is 3.99. The highest BCUT2D eigenvalue weighted by atomic mass is 35.5. The molecular weight excluding hydrogens is 250 g/mol. The fourth-order valence-corrected chi connectivity index (χ4v) is 1.78. The summed E-state index contributed by atoms with van der Waals surface area (Å²) < 4.78 is 5.32. The van der Waals surface area contributed by atoms with Gasteiger partial charge in [-0.1, -0.05) is 29.8 Å². The van der Waals surface area contributed by atoms with Gasteiger partial charge in [0.15, 0.2) is 11.0 Å². The van der Waals surface area contributed by atoms with Crippen molar-refractivity contribution >= 4 is 17.4 Å². The molecule has 0 spiro atoms. The average Bonchev–Trinajstić information content (AvgIpc) is 2.40. The van der Waals surface area contributed by atoms with Gasteiger partial charge in [0.1, 0.15) is 5.75 Å². The van der Waals surface area contributed by atoms with Crippen LogP contribution in [0.3, 0.4) is 0 Å². The van der Waals surface area contributed by atoms with Gasteiger partial charge in [-0.3, -0.25) is 0 Å². The van der Waals surface area contributed by atoms with Crippen LogP contribution in [0.1, 0.15) is 5.56 Å². The molecule has 18 heavy (non-hydrogen) atoms. The largest absolute Gasteiger partial charge is 0.496 e. The van der Waals surface area contributed by atoms with Crippen molar-refractivity contribution in [1.29, 1.82) is 0 Å². The van der Waals surface area contributed by atoms with E-state index in [9.17, 15) is 0 Å². The number of ether oxygens (including phenoxy) is 1. The predicted molar refractivity (Wildman–Crippen MR) is 72.1 cm³/mol. The number of nitrogens with zero attached hydrogens (tertiary/aromatic N) is 3. The summed E-state index contributed by atoms with van der Waals surface area (Å²) in [4.78, 5) is 1.99. The fourth-order valence-electron chi connectivity index (χ4n) is 1.68. The molecule has 0 radical (unpaired) electrons. The highest BCUT2D eigenvalue weighted by molar-refractivity contribution is 6.29. The summed E-state index contributed by atoms with van der Waals surface area (Å²) in [5.41, 5.74) is 1.10. The normalized spacial score (nSPS) is 10.2. The number of hydrogen-bond acceptors (Lipinski definition) is 4. The van der Waals surface area contributed by atoms with Crippen molar-refractivity contribution < 1.29 is 4.74 Å². The van der Waals surface area contributed by atoms with Crippen molar-refractivity contribution in [2.45, 2.75) is 6.54 Å². The fraction of sp³-hybridized carbons (Fsp3) is 0.231. The molecule has 0 N–H and O–H groups in total. The van der Waals surface area contributed by atoms with E-state index in [2.05, 4.69) is 10.2 Å². The number of aromatic nitrogens is 2. The van der Waals surface area contributed by atoms with Crippen molar-refractivity contribution in [2.24, 2.45) is 0 Å². The van der Waals surface area contributed by atoms with Crippen LogP contribution in [0.4, 0.5) is 5.82 Å². The highest BCUT2D eigenvalue weighted by Gasteiger charge is 2.07. The topological polar surface area (TPSA) is 38.2 Å². The number of anilines is 1. The predicted octanol–water partition coefficient (Wildman–Crippen LogP) is 2.78. The quantitative estimate of drug-likeness (QED) is 0.850. The zero-order valence-corrected chi connectivity index (χ0v) is 11.1. The molecule has 0 saturated heterocycles. The second kappa shape index (κ2) is 5.69. The minimum Gasteiger partial charge on any atom is -0.496 e. The van der Waals surface area contributed by atoms with E-state index < -0.39 is 0 Å². The number of para-hydroxylation sites is 1. The van der Waals surface area contributed by atoms with E-state index in [1.54, 1.807) is 13.2 Å². The van der Waals surface area contributed by atoms with E-state index in [1.165, 1.54) is 0 Å². The van der Waals surface area contributed by atoms with Gasteiger partial charge in [0.05, 0.1) is 7.11 Å². The second-order valence-corrected chi connectivity index (χ2v) is 4.27. The Bertz CT molecular complexity index is 516. The summed E-state index contributed by atoms with van der Waals surface area (Å²) in [5, 5.41) is 8.25. The van der Waals surface area contributed by atoms with Gasteiger partial charge < -0.3 is 9.64 Å². The summed E-state index contributed by atoms with van der Waals surface area (Å²) in [6.45, 7) is 0.695. The van der Waals surface area contributed by atoms with Crippen LogP contribution in [0.25, 0.3) is 0 Å². The van der Waals surface area contributed by atoms with Crippen LogP contribution >= 0.6 is 11.6 Å².